The first-order valence-electron chi connectivity index (χ1n) is 6.89. The van der Waals surface area contributed by atoms with E-state index in [1.807, 2.05) is 30.3 Å². The van der Waals surface area contributed by atoms with Crippen LogP contribution in [0.5, 0.6) is 0 Å². The zero-order valence-corrected chi connectivity index (χ0v) is 11.8. The molecule has 1 rings (SSSR count). The quantitative estimate of drug-likeness (QED) is 0.301. The summed E-state index contributed by atoms with van der Waals surface area (Å²) in [6.07, 6.45) is 3.40. The van der Waals surface area contributed by atoms with E-state index >= 15 is 0 Å². The van der Waals surface area contributed by atoms with Gasteiger partial charge in [-0.05, 0) is 18.4 Å². The average Bonchev–Trinajstić information content (AvgIpc) is 2.41. The molecule has 5 heteroatoms. The van der Waals surface area contributed by atoms with Crippen molar-refractivity contribution in [2.75, 3.05) is 13.2 Å². The van der Waals surface area contributed by atoms with Crippen LogP contribution in [0.3, 0.4) is 0 Å². The molecule has 0 radical (unpaired) electrons. The molecule has 0 N–H and O–H groups in total. The van der Waals surface area contributed by atoms with Crippen molar-refractivity contribution in [2.45, 2.75) is 38.5 Å². The van der Waals surface area contributed by atoms with Gasteiger partial charge in [-0.2, -0.15) is 0 Å². The van der Waals surface area contributed by atoms with Gasteiger partial charge in [0.15, 0.2) is 0 Å². The predicted octanol–water partition coefficient (Wildman–Crippen LogP) is 3.17. The van der Waals surface area contributed by atoms with Crippen molar-refractivity contribution in [1.29, 1.82) is 0 Å². The van der Waals surface area contributed by atoms with Crippen LogP contribution < -0.4 is 0 Å². The predicted molar refractivity (Wildman–Crippen MR) is 76.1 cm³/mol. The number of ether oxygens (including phenoxy) is 1. The van der Waals surface area contributed by atoms with Crippen molar-refractivity contribution in [1.82, 2.24) is 0 Å². The third kappa shape index (κ3) is 6.87. The molecule has 0 aliphatic carbocycles. The number of nitrogens with zero attached hydrogens (tertiary/aromatic N) is 1. The number of carbonyl (C=O) groups is 1. The van der Waals surface area contributed by atoms with E-state index in [1.54, 1.807) is 0 Å². The number of unbranched alkanes of at least 4 members (excludes halogenated alkanes) is 2. The molecule has 0 aromatic heterocycles. The second kappa shape index (κ2) is 9.07. The fraction of sp³-hybridized carbons (Fsp3) is 0.533. The smallest absolute Gasteiger partial charge is 0.302 e. The van der Waals surface area contributed by atoms with Crippen LogP contribution >= 0.6 is 0 Å². The second-order valence-electron chi connectivity index (χ2n) is 4.81. The number of esters is 1. The maximum atomic E-state index is 10.7. The molecule has 1 aromatic carbocycles. The Morgan fingerprint density at radius 2 is 1.95 bits per heavy atom. The Bertz CT molecular complexity index is 419. The molecule has 110 valence electrons. The minimum atomic E-state index is -0.263. The summed E-state index contributed by atoms with van der Waals surface area (Å²) in [4.78, 5) is 21.1. The summed E-state index contributed by atoms with van der Waals surface area (Å²) >= 11 is 0. The standard InChI is InChI=1S/C15H21NO4/c1-13(17)20-11-7-3-6-10-15(12-16(18)19)14-8-4-2-5-9-14/h2,4-5,8-9,15H,3,6-7,10-12H2,1H3. The van der Waals surface area contributed by atoms with Crippen LogP contribution in [0.4, 0.5) is 0 Å². The van der Waals surface area contributed by atoms with Crippen LogP contribution in [-0.4, -0.2) is 24.0 Å². The number of benzene rings is 1. The van der Waals surface area contributed by atoms with E-state index in [-0.39, 0.29) is 23.4 Å². The van der Waals surface area contributed by atoms with Gasteiger partial charge >= 0.3 is 5.97 Å². The van der Waals surface area contributed by atoms with Gasteiger partial charge in [0, 0.05) is 17.8 Å². The molecular formula is C15H21NO4. The highest BCUT2D eigenvalue weighted by molar-refractivity contribution is 5.65. The topological polar surface area (TPSA) is 69.4 Å². The lowest BCUT2D eigenvalue weighted by Crippen LogP contribution is -2.12. The Morgan fingerprint density at radius 3 is 2.55 bits per heavy atom. The normalized spacial score (nSPS) is 11.8. The minimum Gasteiger partial charge on any atom is -0.466 e. The highest BCUT2D eigenvalue weighted by Gasteiger charge is 2.16. The Kier molecular flexibility index (Phi) is 7.32. The summed E-state index contributed by atoms with van der Waals surface area (Å²) in [7, 11) is 0. The summed E-state index contributed by atoms with van der Waals surface area (Å²) in [5.41, 5.74) is 1.02. The van der Waals surface area contributed by atoms with E-state index in [0.717, 1.165) is 31.2 Å². The van der Waals surface area contributed by atoms with Gasteiger partial charge in [-0.3, -0.25) is 14.9 Å². The molecule has 5 nitrogen and oxygen atoms in total. The first-order chi connectivity index (χ1) is 9.59. The van der Waals surface area contributed by atoms with Crippen molar-refractivity contribution >= 4 is 5.97 Å². The number of hydrogen-bond acceptors (Lipinski definition) is 4. The molecule has 0 saturated carbocycles. The van der Waals surface area contributed by atoms with E-state index in [4.69, 9.17) is 4.74 Å². The van der Waals surface area contributed by atoms with Crippen molar-refractivity contribution in [3.05, 3.63) is 46.0 Å². The van der Waals surface area contributed by atoms with Crippen molar-refractivity contribution in [2.24, 2.45) is 0 Å². The van der Waals surface area contributed by atoms with Crippen LogP contribution in [0.25, 0.3) is 0 Å². The number of nitro groups is 1. The molecule has 0 fully saturated rings. The number of rotatable bonds is 9. The van der Waals surface area contributed by atoms with Crippen LogP contribution in [0.15, 0.2) is 30.3 Å². The maximum Gasteiger partial charge on any atom is 0.302 e. The lowest BCUT2D eigenvalue weighted by molar-refractivity contribution is -0.483. The van der Waals surface area contributed by atoms with Gasteiger partial charge in [0.2, 0.25) is 6.54 Å². The lowest BCUT2D eigenvalue weighted by atomic mass is 9.93. The molecule has 1 aromatic rings. The van der Waals surface area contributed by atoms with Gasteiger partial charge in [-0.1, -0.05) is 43.2 Å². The van der Waals surface area contributed by atoms with E-state index in [2.05, 4.69) is 0 Å². The van der Waals surface area contributed by atoms with Crippen LogP contribution in [-0.2, 0) is 9.53 Å². The third-order valence-corrected chi connectivity index (χ3v) is 3.14. The fourth-order valence-corrected chi connectivity index (χ4v) is 2.15. The summed E-state index contributed by atoms with van der Waals surface area (Å²) in [6.45, 7) is 1.79. The number of carbonyl (C=O) groups excluding carboxylic acids is 1. The average molecular weight is 279 g/mol. The molecule has 1 unspecified atom stereocenters. The zero-order chi connectivity index (χ0) is 14.8. The summed E-state index contributed by atoms with van der Waals surface area (Å²) in [5.74, 6) is -0.305. The van der Waals surface area contributed by atoms with Gasteiger partial charge < -0.3 is 4.74 Å². The maximum absolute atomic E-state index is 10.7. The zero-order valence-electron chi connectivity index (χ0n) is 11.8. The Balaban J connectivity index is 2.35. The third-order valence-electron chi connectivity index (χ3n) is 3.14. The largest absolute Gasteiger partial charge is 0.466 e. The van der Waals surface area contributed by atoms with E-state index in [0.29, 0.717) is 6.61 Å². The summed E-state index contributed by atoms with van der Waals surface area (Å²) < 4.78 is 4.85. The van der Waals surface area contributed by atoms with Crippen molar-refractivity contribution < 1.29 is 14.5 Å². The Hall–Kier alpha value is -1.91. The molecule has 0 bridgehead atoms. The number of hydrogen-bond donors (Lipinski definition) is 0. The molecule has 0 aliphatic rings. The highest BCUT2D eigenvalue weighted by Crippen LogP contribution is 2.22. The van der Waals surface area contributed by atoms with Crippen LogP contribution in [0.1, 0.15) is 44.1 Å². The second-order valence-corrected chi connectivity index (χ2v) is 4.81. The molecule has 0 aliphatic heterocycles. The fourth-order valence-electron chi connectivity index (χ4n) is 2.15. The molecule has 0 amide bonds. The van der Waals surface area contributed by atoms with Gasteiger partial charge in [0.25, 0.3) is 0 Å². The van der Waals surface area contributed by atoms with Crippen LogP contribution in [0, 0.1) is 10.1 Å². The van der Waals surface area contributed by atoms with Crippen molar-refractivity contribution in [3.63, 3.8) is 0 Å². The van der Waals surface area contributed by atoms with Gasteiger partial charge in [-0.15, -0.1) is 0 Å². The summed E-state index contributed by atoms with van der Waals surface area (Å²) in [6, 6.07) is 9.60. The van der Waals surface area contributed by atoms with Gasteiger partial charge in [0.1, 0.15) is 0 Å². The Labute approximate surface area is 119 Å². The van der Waals surface area contributed by atoms with E-state index < -0.39 is 0 Å². The molecule has 0 saturated heterocycles. The molecular weight excluding hydrogens is 258 g/mol. The van der Waals surface area contributed by atoms with Crippen LogP contribution in [0.2, 0.25) is 0 Å². The highest BCUT2D eigenvalue weighted by atomic mass is 16.6. The van der Waals surface area contributed by atoms with Gasteiger partial charge in [-0.25, -0.2) is 0 Å². The molecule has 20 heavy (non-hydrogen) atoms. The summed E-state index contributed by atoms with van der Waals surface area (Å²) in [5, 5.41) is 10.7. The monoisotopic (exact) mass is 279 g/mol. The van der Waals surface area contributed by atoms with Crippen molar-refractivity contribution in [3.8, 4) is 0 Å². The first-order valence-corrected chi connectivity index (χ1v) is 6.89. The SMILES string of the molecule is CC(=O)OCCCCCC(C[N+](=O)[O-])c1ccccc1. The molecule has 0 spiro atoms. The minimum absolute atomic E-state index is 0.0338. The Morgan fingerprint density at radius 1 is 1.25 bits per heavy atom. The van der Waals surface area contributed by atoms with Gasteiger partial charge in [0.05, 0.1) is 6.61 Å². The lowest BCUT2D eigenvalue weighted by Gasteiger charge is -2.13. The van der Waals surface area contributed by atoms with E-state index in [1.165, 1.54) is 6.92 Å². The molecule has 0 heterocycles. The molecule has 1 atom stereocenters. The van der Waals surface area contributed by atoms with E-state index in [9.17, 15) is 14.9 Å². The first kappa shape index (κ1) is 16.1.